The molecule has 0 spiro atoms. The van der Waals surface area contributed by atoms with E-state index in [0.717, 1.165) is 17.8 Å². The third-order valence-corrected chi connectivity index (χ3v) is 3.73. The predicted molar refractivity (Wildman–Crippen MR) is 81.0 cm³/mol. The Bertz CT molecular complexity index is 619. The molecule has 21 heavy (non-hydrogen) atoms. The van der Waals surface area contributed by atoms with Crippen LogP contribution in [0.4, 0.5) is 0 Å². The molecule has 2 aromatic rings. The Morgan fingerprint density at radius 2 is 2.14 bits per heavy atom. The second-order valence-electron chi connectivity index (χ2n) is 4.85. The number of carbonyl (C=O) groups is 1. The Morgan fingerprint density at radius 3 is 2.67 bits per heavy atom. The molecule has 0 saturated heterocycles. The van der Waals surface area contributed by atoms with E-state index in [-0.39, 0.29) is 11.9 Å². The molecule has 1 amide bonds. The summed E-state index contributed by atoms with van der Waals surface area (Å²) in [7, 11) is 0. The van der Waals surface area contributed by atoms with E-state index in [0.29, 0.717) is 18.0 Å². The van der Waals surface area contributed by atoms with E-state index in [9.17, 15) is 4.79 Å². The molecule has 0 saturated carbocycles. The van der Waals surface area contributed by atoms with Crippen molar-refractivity contribution in [2.45, 2.75) is 46.3 Å². The van der Waals surface area contributed by atoms with Gasteiger partial charge in [0.1, 0.15) is 6.04 Å². The maximum atomic E-state index is 12.3. The third-order valence-electron chi connectivity index (χ3n) is 3.54. The molecule has 114 valence electrons. The van der Waals surface area contributed by atoms with E-state index in [4.69, 9.17) is 11.6 Å². The molecule has 2 heterocycles. The standard InChI is InChI=1S/C14H20ClN5O/c1-4-13(20-9-12(15)8-18-20)14(21)16-6-11-7-17-19(5-2)10(11)3/h7-9,13H,4-6H2,1-3H3,(H,16,21). The Kier molecular flexibility index (Phi) is 5.01. The first-order valence-corrected chi connectivity index (χ1v) is 7.43. The number of hydrogen-bond donors (Lipinski definition) is 1. The zero-order valence-electron chi connectivity index (χ0n) is 12.5. The highest BCUT2D eigenvalue weighted by Gasteiger charge is 2.19. The van der Waals surface area contributed by atoms with E-state index in [1.54, 1.807) is 17.1 Å². The van der Waals surface area contributed by atoms with Gasteiger partial charge in [0.05, 0.1) is 17.4 Å². The van der Waals surface area contributed by atoms with Crippen LogP contribution in [0.2, 0.25) is 5.02 Å². The Balaban J connectivity index is 2.01. The summed E-state index contributed by atoms with van der Waals surface area (Å²) in [6.45, 7) is 7.28. The molecule has 0 aliphatic heterocycles. The maximum Gasteiger partial charge on any atom is 0.245 e. The number of hydrogen-bond acceptors (Lipinski definition) is 3. The smallest absolute Gasteiger partial charge is 0.245 e. The van der Waals surface area contributed by atoms with Gasteiger partial charge in [0.2, 0.25) is 5.91 Å². The molecule has 1 unspecified atom stereocenters. The van der Waals surface area contributed by atoms with Gasteiger partial charge < -0.3 is 5.32 Å². The van der Waals surface area contributed by atoms with Crippen LogP contribution in [0.25, 0.3) is 0 Å². The lowest BCUT2D eigenvalue weighted by Crippen LogP contribution is -2.32. The number of amides is 1. The highest BCUT2D eigenvalue weighted by molar-refractivity contribution is 6.30. The summed E-state index contributed by atoms with van der Waals surface area (Å²) >= 11 is 5.85. The lowest BCUT2D eigenvalue weighted by Gasteiger charge is -2.15. The number of halogens is 1. The van der Waals surface area contributed by atoms with Gasteiger partial charge in [0.15, 0.2) is 0 Å². The van der Waals surface area contributed by atoms with Crippen molar-refractivity contribution in [2.75, 3.05) is 0 Å². The zero-order chi connectivity index (χ0) is 15.4. The fourth-order valence-electron chi connectivity index (χ4n) is 2.26. The van der Waals surface area contributed by atoms with E-state index < -0.39 is 0 Å². The van der Waals surface area contributed by atoms with Crippen molar-refractivity contribution >= 4 is 17.5 Å². The van der Waals surface area contributed by atoms with Crippen molar-refractivity contribution in [1.82, 2.24) is 24.9 Å². The average Bonchev–Trinajstić information content (AvgIpc) is 3.04. The zero-order valence-corrected chi connectivity index (χ0v) is 13.3. The van der Waals surface area contributed by atoms with E-state index >= 15 is 0 Å². The van der Waals surface area contributed by atoms with Crippen molar-refractivity contribution in [2.24, 2.45) is 0 Å². The Hall–Kier alpha value is -1.82. The van der Waals surface area contributed by atoms with Crippen LogP contribution in [0.15, 0.2) is 18.6 Å². The molecular weight excluding hydrogens is 290 g/mol. The Morgan fingerprint density at radius 1 is 1.38 bits per heavy atom. The fraction of sp³-hybridized carbons (Fsp3) is 0.500. The lowest BCUT2D eigenvalue weighted by atomic mass is 10.2. The van der Waals surface area contributed by atoms with Crippen molar-refractivity contribution < 1.29 is 4.79 Å². The topological polar surface area (TPSA) is 64.7 Å². The molecule has 1 atom stereocenters. The molecule has 7 heteroatoms. The molecule has 0 aliphatic rings. The van der Waals surface area contributed by atoms with Crippen LogP contribution in [-0.2, 0) is 17.9 Å². The van der Waals surface area contributed by atoms with Crippen molar-refractivity contribution in [3.05, 3.63) is 34.9 Å². The molecule has 0 aliphatic carbocycles. The van der Waals surface area contributed by atoms with Crippen LogP contribution >= 0.6 is 11.6 Å². The summed E-state index contributed by atoms with van der Waals surface area (Å²) in [6.07, 6.45) is 5.64. The van der Waals surface area contributed by atoms with Gasteiger partial charge in [-0.3, -0.25) is 14.2 Å². The maximum absolute atomic E-state index is 12.3. The number of nitrogens with zero attached hydrogens (tertiary/aromatic N) is 4. The lowest BCUT2D eigenvalue weighted by molar-refractivity contribution is -0.124. The Labute approximate surface area is 129 Å². The van der Waals surface area contributed by atoms with E-state index in [1.807, 2.05) is 25.5 Å². The van der Waals surface area contributed by atoms with Gasteiger partial charge in [-0.2, -0.15) is 10.2 Å². The molecular formula is C14H20ClN5O. The molecule has 0 fully saturated rings. The normalized spacial score (nSPS) is 12.4. The number of rotatable bonds is 6. The van der Waals surface area contributed by atoms with Crippen LogP contribution in [-0.4, -0.2) is 25.5 Å². The van der Waals surface area contributed by atoms with Gasteiger partial charge in [-0.25, -0.2) is 0 Å². The molecule has 2 rings (SSSR count). The first kappa shape index (κ1) is 15.6. The van der Waals surface area contributed by atoms with Gasteiger partial charge >= 0.3 is 0 Å². The van der Waals surface area contributed by atoms with Gasteiger partial charge in [-0.15, -0.1) is 0 Å². The van der Waals surface area contributed by atoms with Crippen LogP contribution in [0, 0.1) is 6.92 Å². The summed E-state index contributed by atoms with van der Waals surface area (Å²) in [6, 6.07) is -0.348. The molecule has 6 nitrogen and oxygen atoms in total. The minimum Gasteiger partial charge on any atom is -0.350 e. The number of nitrogens with one attached hydrogen (secondary N) is 1. The highest BCUT2D eigenvalue weighted by atomic mass is 35.5. The van der Waals surface area contributed by atoms with E-state index in [1.165, 1.54) is 6.20 Å². The van der Waals surface area contributed by atoms with Crippen LogP contribution in [0.1, 0.15) is 37.6 Å². The third kappa shape index (κ3) is 3.44. The van der Waals surface area contributed by atoms with Gasteiger partial charge in [0.25, 0.3) is 0 Å². The largest absolute Gasteiger partial charge is 0.350 e. The van der Waals surface area contributed by atoms with Gasteiger partial charge in [-0.05, 0) is 20.3 Å². The monoisotopic (exact) mass is 309 g/mol. The minimum atomic E-state index is -0.348. The second-order valence-corrected chi connectivity index (χ2v) is 5.29. The molecule has 0 radical (unpaired) electrons. The van der Waals surface area contributed by atoms with Gasteiger partial charge in [0, 0.05) is 30.5 Å². The molecule has 0 bridgehead atoms. The van der Waals surface area contributed by atoms with Crippen LogP contribution in [0.3, 0.4) is 0 Å². The quantitative estimate of drug-likeness (QED) is 0.890. The highest BCUT2D eigenvalue weighted by Crippen LogP contribution is 2.15. The summed E-state index contributed by atoms with van der Waals surface area (Å²) < 4.78 is 3.51. The SMILES string of the molecule is CCC(C(=O)NCc1cnn(CC)c1C)n1cc(Cl)cn1. The predicted octanol–water partition coefficient (Wildman–Crippen LogP) is 2.33. The molecule has 0 aromatic carbocycles. The van der Waals surface area contributed by atoms with Gasteiger partial charge in [-0.1, -0.05) is 18.5 Å². The number of aromatic nitrogens is 4. The van der Waals surface area contributed by atoms with Crippen LogP contribution in [0.5, 0.6) is 0 Å². The molecule has 2 aromatic heterocycles. The first-order chi connectivity index (χ1) is 10.1. The van der Waals surface area contributed by atoms with Crippen LogP contribution < -0.4 is 5.32 Å². The van der Waals surface area contributed by atoms with E-state index in [2.05, 4.69) is 15.5 Å². The summed E-state index contributed by atoms with van der Waals surface area (Å²) in [4.78, 5) is 12.3. The molecule has 1 N–H and O–H groups in total. The van der Waals surface area contributed by atoms with Crippen molar-refractivity contribution in [3.63, 3.8) is 0 Å². The second kappa shape index (κ2) is 6.76. The summed E-state index contributed by atoms with van der Waals surface area (Å²) in [5.74, 6) is -0.0686. The summed E-state index contributed by atoms with van der Waals surface area (Å²) in [5.41, 5.74) is 2.10. The first-order valence-electron chi connectivity index (χ1n) is 7.05. The van der Waals surface area contributed by atoms with Crippen molar-refractivity contribution in [1.29, 1.82) is 0 Å². The number of carbonyl (C=O) groups excluding carboxylic acids is 1. The van der Waals surface area contributed by atoms with Crippen molar-refractivity contribution in [3.8, 4) is 0 Å². The average molecular weight is 310 g/mol. The number of aryl methyl sites for hydroxylation is 1. The summed E-state index contributed by atoms with van der Waals surface area (Å²) in [5, 5.41) is 11.8. The minimum absolute atomic E-state index is 0.0686. The fourth-order valence-corrected chi connectivity index (χ4v) is 2.40.